The second-order valence-electron chi connectivity index (χ2n) is 7.24. The van der Waals surface area contributed by atoms with Gasteiger partial charge < -0.3 is 10.1 Å². The van der Waals surface area contributed by atoms with E-state index < -0.39 is 12.1 Å². The van der Waals surface area contributed by atoms with Gasteiger partial charge in [0.2, 0.25) is 0 Å². The number of ether oxygens (including phenoxy) is 1. The van der Waals surface area contributed by atoms with Crippen LogP contribution in [0.5, 0.6) is 0 Å². The van der Waals surface area contributed by atoms with E-state index in [0.29, 0.717) is 5.56 Å². The fourth-order valence-electron chi connectivity index (χ4n) is 3.26. The molecule has 6 heteroatoms. The highest BCUT2D eigenvalue weighted by Crippen LogP contribution is 2.22. The van der Waals surface area contributed by atoms with Gasteiger partial charge in [-0.3, -0.25) is 4.79 Å². The number of esters is 1. The maximum absolute atomic E-state index is 12.5. The molecule has 1 heterocycles. The molecule has 1 aromatic heterocycles. The van der Waals surface area contributed by atoms with E-state index in [-0.39, 0.29) is 5.91 Å². The van der Waals surface area contributed by atoms with Crippen LogP contribution in [0.2, 0.25) is 0 Å². The second kappa shape index (κ2) is 8.31. The third-order valence-electron chi connectivity index (χ3n) is 4.76. The van der Waals surface area contributed by atoms with Crippen molar-refractivity contribution in [1.29, 1.82) is 0 Å². The number of rotatable bonds is 5. The SMILES string of the molecule is Cc1cc(C)c(NC(=O)[C@@H](C)OC(=O)c2ccc(-n3nccc3C)cc2)c(C)c1. The van der Waals surface area contributed by atoms with Gasteiger partial charge in [-0.1, -0.05) is 17.7 Å². The summed E-state index contributed by atoms with van der Waals surface area (Å²) in [5, 5.41) is 7.11. The minimum Gasteiger partial charge on any atom is -0.449 e. The third-order valence-corrected chi connectivity index (χ3v) is 4.76. The molecule has 1 atom stereocenters. The van der Waals surface area contributed by atoms with Crippen molar-refractivity contribution in [2.75, 3.05) is 5.32 Å². The number of carbonyl (C=O) groups excluding carboxylic acids is 2. The summed E-state index contributed by atoms with van der Waals surface area (Å²) in [7, 11) is 0. The van der Waals surface area contributed by atoms with E-state index in [4.69, 9.17) is 4.74 Å². The quantitative estimate of drug-likeness (QED) is 0.659. The van der Waals surface area contributed by atoms with Gasteiger partial charge in [0.05, 0.1) is 11.3 Å². The molecule has 0 saturated carbocycles. The molecule has 0 fully saturated rings. The largest absolute Gasteiger partial charge is 0.449 e. The molecule has 0 bridgehead atoms. The van der Waals surface area contributed by atoms with E-state index in [9.17, 15) is 9.59 Å². The van der Waals surface area contributed by atoms with Crippen LogP contribution in [0.15, 0.2) is 48.7 Å². The van der Waals surface area contributed by atoms with Crippen molar-refractivity contribution >= 4 is 17.6 Å². The van der Waals surface area contributed by atoms with Crippen LogP contribution in [-0.2, 0) is 9.53 Å². The molecule has 0 aliphatic rings. The Morgan fingerprint density at radius 3 is 2.17 bits per heavy atom. The molecular formula is C23H25N3O3. The molecule has 3 aromatic rings. The maximum atomic E-state index is 12.5. The fraction of sp³-hybridized carbons (Fsp3) is 0.261. The van der Waals surface area contributed by atoms with Crippen LogP contribution >= 0.6 is 0 Å². The van der Waals surface area contributed by atoms with Crippen molar-refractivity contribution in [3.05, 3.63) is 76.6 Å². The molecule has 150 valence electrons. The molecular weight excluding hydrogens is 366 g/mol. The summed E-state index contributed by atoms with van der Waals surface area (Å²) in [6, 6.07) is 12.8. The standard InChI is InChI=1S/C23H25N3O3/c1-14-12-15(2)21(16(3)13-14)25-22(27)18(5)29-23(28)19-6-8-20(9-7-19)26-17(4)10-11-24-26/h6-13,18H,1-5H3,(H,25,27)/t18-/m1/s1. The summed E-state index contributed by atoms with van der Waals surface area (Å²) in [6.45, 7) is 9.40. The van der Waals surface area contributed by atoms with E-state index in [0.717, 1.165) is 33.8 Å². The van der Waals surface area contributed by atoms with Gasteiger partial charge in [0.15, 0.2) is 6.10 Å². The first-order valence-corrected chi connectivity index (χ1v) is 9.47. The summed E-state index contributed by atoms with van der Waals surface area (Å²) >= 11 is 0. The van der Waals surface area contributed by atoms with Gasteiger partial charge in [-0.2, -0.15) is 5.10 Å². The molecule has 0 unspecified atom stereocenters. The van der Waals surface area contributed by atoms with Crippen molar-refractivity contribution in [1.82, 2.24) is 9.78 Å². The average molecular weight is 391 g/mol. The Hall–Kier alpha value is -3.41. The number of amides is 1. The van der Waals surface area contributed by atoms with Crippen molar-refractivity contribution in [3.8, 4) is 5.69 Å². The first-order chi connectivity index (χ1) is 13.8. The van der Waals surface area contributed by atoms with Crippen molar-refractivity contribution < 1.29 is 14.3 Å². The summed E-state index contributed by atoms with van der Waals surface area (Å²) < 4.78 is 7.13. The topological polar surface area (TPSA) is 73.2 Å². The molecule has 0 aliphatic heterocycles. The Bertz CT molecular complexity index is 1030. The van der Waals surface area contributed by atoms with Gasteiger partial charge in [-0.05, 0) is 76.1 Å². The number of anilines is 1. The highest BCUT2D eigenvalue weighted by atomic mass is 16.5. The van der Waals surface area contributed by atoms with Crippen LogP contribution in [0.25, 0.3) is 5.69 Å². The predicted molar refractivity (Wildman–Crippen MR) is 112 cm³/mol. The average Bonchev–Trinajstić information content (AvgIpc) is 3.10. The number of hydrogen-bond acceptors (Lipinski definition) is 4. The number of nitrogens with one attached hydrogen (secondary N) is 1. The van der Waals surface area contributed by atoms with E-state index in [2.05, 4.69) is 10.4 Å². The second-order valence-corrected chi connectivity index (χ2v) is 7.24. The lowest BCUT2D eigenvalue weighted by Gasteiger charge is -2.17. The smallest absolute Gasteiger partial charge is 0.338 e. The molecule has 1 amide bonds. The first-order valence-electron chi connectivity index (χ1n) is 9.47. The highest BCUT2D eigenvalue weighted by Gasteiger charge is 2.20. The molecule has 6 nitrogen and oxygen atoms in total. The Kier molecular flexibility index (Phi) is 5.82. The van der Waals surface area contributed by atoms with Crippen LogP contribution in [0.1, 0.15) is 39.7 Å². The van der Waals surface area contributed by atoms with Crippen LogP contribution in [0.4, 0.5) is 5.69 Å². The molecule has 0 radical (unpaired) electrons. The zero-order valence-corrected chi connectivity index (χ0v) is 17.3. The number of aryl methyl sites for hydroxylation is 4. The van der Waals surface area contributed by atoms with Crippen LogP contribution in [0.3, 0.4) is 0 Å². The van der Waals surface area contributed by atoms with Gasteiger partial charge in [-0.15, -0.1) is 0 Å². The maximum Gasteiger partial charge on any atom is 0.338 e. The third kappa shape index (κ3) is 4.54. The van der Waals surface area contributed by atoms with E-state index in [1.165, 1.54) is 0 Å². The lowest BCUT2D eigenvalue weighted by Crippen LogP contribution is -2.30. The number of aromatic nitrogens is 2. The number of benzene rings is 2. The van der Waals surface area contributed by atoms with Crippen LogP contribution < -0.4 is 5.32 Å². The zero-order valence-electron chi connectivity index (χ0n) is 17.3. The summed E-state index contributed by atoms with van der Waals surface area (Å²) in [5.41, 5.74) is 6.04. The van der Waals surface area contributed by atoms with Gasteiger partial charge in [0, 0.05) is 17.6 Å². The van der Waals surface area contributed by atoms with Gasteiger partial charge >= 0.3 is 5.97 Å². The lowest BCUT2D eigenvalue weighted by molar-refractivity contribution is -0.123. The van der Waals surface area contributed by atoms with Crippen LogP contribution in [0, 0.1) is 27.7 Å². The number of carbonyl (C=O) groups is 2. The Morgan fingerprint density at radius 1 is 1.00 bits per heavy atom. The van der Waals surface area contributed by atoms with Crippen molar-refractivity contribution in [2.45, 2.75) is 40.7 Å². The zero-order chi connectivity index (χ0) is 21.1. The Balaban J connectivity index is 1.66. The number of hydrogen-bond donors (Lipinski definition) is 1. The summed E-state index contributed by atoms with van der Waals surface area (Å²) in [6.07, 6.45) is 0.797. The van der Waals surface area contributed by atoms with Crippen molar-refractivity contribution in [2.24, 2.45) is 0 Å². The first kappa shape index (κ1) is 20.3. The fourth-order valence-corrected chi connectivity index (χ4v) is 3.26. The monoisotopic (exact) mass is 391 g/mol. The van der Waals surface area contributed by atoms with Crippen molar-refractivity contribution in [3.63, 3.8) is 0 Å². The molecule has 2 aromatic carbocycles. The normalized spacial score (nSPS) is 11.8. The van der Waals surface area contributed by atoms with E-state index in [1.54, 1.807) is 42.1 Å². The van der Waals surface area contributed by atoms with Gasteiger partial charge in [-0.25, -0.2) is 9.48 Å². The van der Waals surface area contributed by atoms with Gasteiger partial charge in [0.25, 0.3) is 5.91 Å². The van der Waals surface area contributed by atoms with Crippen LogP contribution in [-0.4, -0.2) is 27.8 Å². The molecule has 1 N–H and O–H groups in total. The van der Waals surface area contributed by atoms with E-state index >= 15 is 0 Å². The molecule has 3 rings (SSSR count). The summed E-state index contributed by atoms with van der Waals surface area (Å²) in [5.74, 6) is -0.911. The summed E-state index contributed by atoms with van der Waals surface area (Å²) in [4.78, 5) is 24.9. The molecule has 0 saturated heterocycles. The Labute approximate surface area is 170 Å². The molecule has 29 heavy (non-hydrogen) atoms. The van der Waals surface area contributed by atoms with E-state index in [1.807, 2.05) is 45.9 Å². The minimum atomic E-state index is -0.921. The Morgan fingerprint density at radius 2 is 1.62 bits per heavy atom. The lowest BCUT2D eigenvalue weighted by atomic mass is 10.0. The van der Waals surface area contributed by atoms with Gasteiger partial charge in [0.1, 0.15) is 0 Å². The highest BCUT2D eigenvalue weighted by molar-refractivity contribution is 5.98. The molecule has 0 spiro atoms. The predicted octanol–water partition coefficient (Wildman–Crippen LogP) is 4.29. The number of nitrogens with zero attached hydrogens (tertiary/aromatic N) is 2. The molecule has 0 aliphatic carbocycles. The minimum absolute atomic E-state index is 0.364.